The first-order valence-electron chi connectivity index (χ1n) is 6.35. The molecule has 2 N–H and O–H groups in total. The smallest absolute Gasteiger partial charge is 0.233 e. The number of aliphatic hydroxyl groups excluding tert-OH is 1. The fraction of sp³-hybridized carbons (Fsp3) is 0.429. The van der Waals surface area contributed by atoms with E-state index in [0.29, 0.717) is 12.8 Å². The molecule has 1 aromatic carbocycles. The summed E-state index contributed by atoms with van der Waals surface area (Å²) in [5, 5.41) is 10.5. The molecule has 0 aliphatic carbocycles. The van der Waals surface area contributed by atoms with Crippen LogP contribution in [0.25, 0.3) is 6.08 Å². The highest BCUT2D eigenvalue weighted by Gasteiger charge is 2.06. The van der Waals surface area contributed by atoms with Crippen LogP contribution in [0, 0.1) is 6.92 Å². The molecular formula is C14H21NO3S. The number of aryl methyl sites for hydroxylation is 1. The molecule has 0 heterocycles. The van der Waals surface area contributed by atoms with Gasteiger partial charge in [0.2, 0.25) is 10.0 Å². The highest BCUT2D eigenvalue weighted by molar-refractivity contribution is 7.92. The van der Waals surface area contributed by atoms with Crippen LogP contribution >= 0.6 is 0 Å². The molecule has 1 rings (SSSR count). The Balaban J connectivity index is 2.52. The van der Waals surface area contributed by atoms with Gasteiger partial charge in [-0.3, -0.25) is 0 Å². The number of aliphatic hydroxyl groups is 1. The van der Waals surface area contributed by atoms with Gasteiger partial charge in [-0.2, -0.15) is 0 Å². The topological polar surface area (TPSA) is 66.4 Å². The average molecular weight is 283 g/mol. The molecule has 1 unspecified atom stereocenters. The minimum atomic E-state index is -3.44. The van der Waals surface area contributed by atoms with Gasteiger partial charge < -0.3 is 5.11 Å². The first-order valence-corrected chi connectivity index (χ1v) is 7.90. The van der Waals surface area contributed by atoms with Crippen molar-refractivity contribution < 1.29 is 13.5 Å². The molecule has 0 saturated carbocycles. The number of nitrogens with one attached hydrogen (secondary N) is 1. The Morgan fingerprint density at radius 3 is 2.53 bits per heavy atom. The number of benzene rings is 1. The highest BCUT2D eigenvalue weighted by Crippen LogP contribution is 2.06. The van der Waals surface area contributed by atoms with E-state index in [1.165, 1.54) is 0 Å². The third-order valence-electron chi connectivity index (χ3n) is 2.77. The van der Waals surface area contributed by atoms with Crippen LogP contribution in [0.4, 0.5) is 0 Å². The molecule has 106 valence electrons. The molecule has 0 aliphatic heterocycles. The van der Waals surface area contributed by atoms with Crippen LogP contribution in [-0.4, -0.2) is 26.2 Å². The van der Waals surface area contributed by atoms with Crippen molar-refractivity contribution in [2.75, 3.05) is 6.54 Å². The fourth-order valence-corrected chi connectivity index (χ4v) is 2.30. The minimum absolute atomic E-state index is 0.246. The first kappa shape index (κ1) is 15.9. The number of sulfonamides is 1. The predicted octanol–water partition coefficient (Wildman–Crippen LogP) is 2.05. The van der Waals surface area contributed by atoms with Gasteiger partial charge in [0.25, 0.3) is 0 Å². The van der Waals surface area contributed by atoms with Gasteiger partial charge in [-0.1, -0.05) is 36.8 Å². The predicted molar refractivity (Wildman–Crippen MR) is 78.1 cm³/mol. The maximum atomic E-state index is 11.7. The molecule has 0 spiro atoms. The monoisotopic (exact) mass is 283 g/mol. The quantitative estimate of drug-likeness (QED) is 0.805. The van der Waals surface area contributed by atoms with Crippen LogP contribution in [0.5, 0.6) is 0 Å². The zero-order chi connectivity index (χ0) is 14.3. The second-order valence-corrected chi connectivity index (χ2v) is 6.15. The second kappa shape index (κ2) is 7.43. The zero-order valence-electron chi connectivity index (χ0n) is 11.3. The van der Waals surface area contributed by atoms with Crippen LogP contribution in [0.3, 0.4) is 0 Å². The number of hydrogen-bond donors (Lipinski definition) is 2. The molecule has 0 bridgehead atoms. The summed E-state index contributed by atoms with van der Waals surface area (Å²) in [6, 6.07) is 7.58. The van der Waals surface area contributed by atoms with Crippen molar-refractivity contribution >= 4 is 16.1 Å². The van der Waals surface area contributed by atoms with Crippen molar-refractivity contribution in [1.82, 2.24) is 4.72 Å². The summed E-state index contributed by atoms with van der Waals surface area (Å²) in [6.45, 7) is 4.08. The maximum absolute atomic E-state index is 11.7. The molecule has 4 nitrogen and oxygen atoms in total. The van der Waals surface area contributed by atoms with E-state index in [1.807, 2.05) is 38.1 Å². The summed E-state index contributed by atoms with van der Waals surface area (Å²) in [6.07, 6.45) is 2.15. The Hall–Kier alpha value is -1.17. The van der Waals surface area contributed by atoms with Crippen LogP contribution in [0.2, 0.25) is 0 Å². The van der Waals surface area contributed by atoms with Gasteiger partial charge in [-0.05, 0) is 31.4 Å². The summed E-state index contributed by atoms with van der Waals surface area (Å²) in [5.41, 5.74) is 1.97. The van der Waals surface area contributed by atoms with Crippen LogP contribution in [0.1, 0.15) is 30.9 Å². The van der Waals surface area contributed by atoms with Crippen LogP contribution in [0.15, 0.2) is 29.7 Å². The molecule has 0 amide bonds. The van der Waals surface area contributed by atoms with Crippen molar-refractivity contribution in [3.63, 3.8) is 0 Å². The van der Waals surface area contributed by atoms with Gasteiger partial charge in [0.15, 0.2) is 0 Å². The molecular weight excluding hydrogens is 262 g/mol. The molecule has 0 fully saturated rings. The summed E-state index contributed by atoms with van der Waals surface area (Å²) in [5.74, 6) is 0. The van der Waals surface area contributed by atoms with E-state index < -0.39 is 16.1 Å². The Morgan fingerprint density at radius 1 is 1.32 bits per heavy atom. The Labute approximate surface area is 115 Å². The first-order chi connectivity index (χ1) is 8.93. The van der Waals surface area contributed by atoms with Crippen molar-refractivity contribution in [1.29, 1.82) is 0 Å². The lowest BCUT2D eigenvalue weighted by molar-refractivity contribution is 0.162. The second-order valence-electron chi connectivity index (χ2n) is 4.50. The molecule has 0 radical (unpaired) electrons. The molecule has 19 heavy (non-hydrogen) atoms. The maximum Gasteiger partial charge on any atom is 0.233 e. The van der Waals surface area contributed by atoms with Crippen molar-refractivity contribution in [3.8, 4) is 0 Å². The molecule has 5 heteroatoms. The lowest BCUT2D eigenvalue weighted by Gasteiger charge is -2.07. The van der Waals surface area contributed by atoms with E-state index in [-0.39, 0.29) is 6.54 Å². The molecule has 1 atom stereocenters. The Morgan fingerprint density at radius 2 is 1.95 bits per heavy atom. The molecule has 0 aromatic heterocycles. The van der Waals surface area contributed by atoms with E-state index in [2.05, 4.69) is 4.72 Å². The normalized spacial score (nSPS) is 13.8. The Kier molecular flexibility index (Phi) is 6.21. The lowest BCUT2D eigenvalue weighted by atomic mass is 10.2. The third kappa shape index (κ3) is 6.52. The van der Waals surface area contributed by atoms with E-state index >= 15 is 0 Å². The third-order valence-corrected chi connectivity index (χ3v) is 3.87. The molecule has 0 aliphatic rings. The largest absolute Gasteiger partial charge is 0.393 e. The van der Waals surface area contributed by atoms with E-state index in [4.69, 9.17) is 0 Å². The summed E-state index contributed by atoms with van der Waals surface area (Å²) in [4.78, 5) is 0. The van der Waals surface area contributed by atoms with Gasteiger partial charge in [0, 0.05) is 12.0 Å². The van der Waals surface area contributed by atoms with Gasteiger partial charge in [0.05, 0.1) is 6.10 Å². The lowest BCUT2D eigenvalue weighted by Crippen LogP contribution is -2.25. The zero-order valence-corrected chi connectivity index (χ0v) is 12.2. The number of rotatable bonds is 7. The van der Waals surface area contributed by atoms with Crippen molar-refractivity contribution in [2.24, 2.45) is 0 Å². The molecule has 0 saturated heterocycles. The minimum Gasteiger partial charge on any atom is -0.393 e. The van der Waals surface area contributed by atoms with Gasteiger partial charge in [0.1, 0.15) is 0 Å². The fourth-order valence-electron chi connectivity index (χ4n) is 1.47. The standard InChI is InChI=1S/C14H21NO3S/c1-3-14(16)8-10-15-19(17,18)11-9-13-6-4-12(2)5-7-13/h4-7,9,11,14-16H,3,8,10H2,1-2H3/b11-9+. The summed E-state index contributed by atoms with van der Waals surface area (Å²) >= 11 is 0. The van der Waals surface area contributed by atoms with Gasteiger partial charge in [-0.25, -0.2) is 13.1 Å². The Bertz CT molecular complexity index is 506. The molecule has 1 aromatic rings. The van der Waals surface area contributed by atoms with Crippen molar-refractivity contribution in [3.05, 3.63) is 40.8 Å². The summed E-state index contributed by atoms with van der Waals surface area (Å²) < 4.78 is 25.8. The highest BCUT2D eigenvalue weighted by atomic mass is 32.2. The number of hydrogen-bond acceptors (Lipinski definition) is 3. The van der Waals surface area contributed by atoms with Gasteiger partial charge in [-0.15, -0.1) is 0 Å². The van der Waals surface area contributed by atoms with Crippen LogP contribution < -0.4 is 4.72 Å². The SMILES string of the molecule is CCC(O)CCNS(=O)(=O)/C=C/c1ccc(C)cc1. The van der Waals surface area contributed by atoms with E-state index in [9.17, 15) is 13.5 Å². The van der Waals surface area contributed by atoms with E-state index in [0.717, 1.165) is 16.5 Å². The summed E-state index contributed by atoms with van der Waals surface area (Å²) in [7, 11) is -3.44. The average Bonchev–Trinajstić information content (AvgIpc) is 2.38. The van der Waals surface area contributed by atoms with Crippen molar-refractivity contribution in [2.45, 2.75) is 32.8 Å². The van der Waals surface area contributed by atoms with Crippen LogP contribution in [-0.2, 0) is 10.0 Å². The van der Waals surface area contributed by atoms with E-state index in [1.54, 1.807) is 6.08 Å². The van der Waals surface area contributed by atoms with Gasteiger partial charge >= 0.3 is 0 Å².